The predicted octanol–water partition coefficient (Wildman–Crippen LogP) is 4.59. The summed E-state index contributed by atoms with van der Waals surface area (Å²) in [5, 5.41) is 0. The Morgan fingerprint density at radius 1 is 1.07 bits per heavy atom. The summed E-state index contributed by atoms with van der Waals surface area (Å²) in [5.41, 5.74) is -1.31. The Labute approximate surface area is 152 Å². The zero-order chi connectivity index (χ0) is 19.6. The number of carbonyl (C=O) groups is 1. The highest BCUT2D eigenvalue weighted by Gasteiger charge is 2.41. The van der Waals surface area contributed by atoms with Gasteiger partial charge in [-0.05, 0) is 36.4 Å². The highest BCUT2D eigenvalue weighted by molar-refractivity contribution is 5.74. The van der Waals surface area contributed by atoms with Crippen molar-refractivity contribution in [2.24, 2.45) is 5.92 Å². The lowest BCUT2D eigenvalue weighted by Crippen LogP contribution is -2.27. The molecule has 3 rings (SSSR count). The molecule has 0 radical (unpaired) electrons. The Kier molecular flexibility index (Phi) is 5.48. The summed E-state index contributed by atoms with van der Waals surface area (Å²) in [6.07, 6.45) is -4.77. The third kappa shape index (κ3) is 4.28. The molecule has 0 amide bonds. The zero-order valence-electron chi connectivity index (χ0n) is 14.3. The maximum absolute atomic E-state index is 14.3. The van der Waals surface area contributed by atoms with Gasteiger partial charge in [-0.25, -0.2) is 8.78 Å². The molecule has 27 heavy (non-hydrogen) atoms. The summed E-state index contributed by atoms with van der Waals surface area (Å²) in [6, 6.07) is 6.18. The molecule has 144 valence electrons. The van der Waals surface area contributed by atoms with Crippen molar-refractivity contribution in [1.82, 2.24) is 0 Å². The molecule has 2 aromatic rings. The highest BCUT2D eigenvalue weighted by Crippen LogP contribution is 2.37. The minimum Gasteiger partial charge on any atom is -0.429 e. The Bertz CT molecular complexity index is 792. The smallest absolute Gasteiger partial charge is 0.429 e. The van der Waals surface area contributed by atoms with E-state index in [1.165, 1.54) is 12.1 Å². The molecular formula is C19H16F4O4. The molecule has 2 aromatic carbocycles. The standard InChI is InChI=1S/C19H16F4O4/c1-11-9-25-18(26-10-11)13-6-15(20)17(16(21)7-13)19(22,23)27-14-4-2-12(8-24)3-5-14/h2-8,11,18H,9-10H2,1H3. The quantitative estimate of drug-likeness (QED) is 0.559. The largest absolute Gasteiger partial charge is 0.432 e. The molecule has 1 heterocycles. The van der Waals surface area contributed by atoms with Crippen molar-refractivity contribution >= 4 is 6.29 Å². The van der Waals surface area contributed by atoms with Gasteiger partial charge in [0, 0.05) is 17.0 Å². The van der Waals surface area contributed by atoms with Crippen molar-refractivity contribution in [3.63, 3.8) is 0 Å². The number of hydrogen-bond acceptors (Lipinski definition) is 4. The van der Waals surface area contributed by atoms with Crippen LogP contribution >= 0.6 is 0 Å². The third-order valence-electron chi connectivity index (χ3n) is 3.95. The van der Waals surface area contributed by atoms with Crippen molar-refractivity contribution in [1.29, 1.82) is 0 Å². The highest BCUT2D eigenvalue weighted by atomic mass is 19.3. The van der Waals surface area contributed by atoms with Gasteiger partial charge in [0.05, 0.1) is 13.2 Å². The van der Waals surface area contributed by atoms with E-state index in [1.54, 1.807) is 0 Å². The fraction of sp³-hybridized carbons (Fsp3) is 0.316. The van der Waals surface area contributed by atoms with Gasteiger partial charge in [-0.1, -0.05) is 6.92 Å². The summed E-state index contributed by atoms with van der Waals surface area (Å²) in [6.45, 7) is 2.53. The molecule has 1 aliphatic rings. The molecule has 0 N–H and O–H groups in total. The van der Waals surface area contributed by atoms with E-state index in [2.05, 4.69) is 4.74 Å². The van der Waals surface area contributed by atoms with Gasteiger partial charge >= 0.3 is 6.11 Å². The zero-order valence-corrected chi connectivity index (χ0v) is 14.3. The van der Waals surface area contributed by atoms with Crippen LogP contribution in [0.25, 0.3) is 0 Å². The molecule has 8 heteroatoms. The first-order valence-corrected chi connectivity index (χ1v) is 8.15. The van der Waals surface area contributed by atoms with Gasteiger partial charge in [0.15, 0.2) is 6.29 Å². The van der Waals surface area contributed by atoms with Crippen LogP contribution in [0.2, 0.25) is 0 Å². The van der Waals surface area contributed by atoms with Crippen molar-refractivity contribution in [2.75, 3.05) is 13.2 Å². The summed E-state index contributed by atoms with van der Waals surface area (Å²) in [4.78, 5) is 10.6. The Balaban J connectivity index is 1.84. The fourth-order valence-corrected chi connectivity index (χ4v) is 2.61. The van der Waals surface area contributed by atoms with E-state index < -0.39 is 29.6 Å². The predicted molar refractivity (Wildman–Crippen MR) is 86.5 cm³/mol. The minimum atomic E-state index is -4.27. The molecule has 4 nitrogen and oxygen atoms in total. The molecule has 0 aliphatic carbocycles. The monoisotopic (exact) mass is 384 g/mol. The Hall–Kier alpha value is -2.45. The van der Waals surface area contributed by atoms with Crippen LogP contribution in [0.15, 0.2) is 36.4 Å². The molecule has 0 aromatic heterocycles. The van der Waals surface area contributed by atoms with E-state index in [0.29, 0.717) is 19.5 Å². The van der Waals surface area contributed by atoms with Gasteiger partial charge in [0.25, 0.3) is 0 Å². The fourth-order valence-electron chi connectivity index (χ4n) is 2.61. The van der Waals surface area contributed by atoms with Crippen LogP contribution in [0.3, 0.4) is 0 Å². The van der Waals surface area contributed by atoms with Crippen LogP contribution in [-0.4, -0.2) is 19.5 Å². The average Bonchev–Trinajstić information content (AvgIpc) is 2.61. The molecule has 0 spiro atoms. The van der Waals surface area contributed by atoms with Crippen LogP contribution in [0, 0.1) is 17.6 Å². The van der Waals surface area contributed by atoms with Gasteiger partial charge in [0.1, 0.15) is 29.2 Å². The van der Waals surface area contributed by atoms with Crippen LogP contribution < -0.4 is 4.74 Å². The number of hydrogen-bond donors (Lipinski definition) is 0. The SMILES string of the molecule is CC1COC(c2cc(F)c(C(F)(F)Oc3ccc(C=O)cc3)c(F)c2)OC1. The van der Waals surface area contributed by atoms with E-state index in [0.717, 1.165) is 24.3 Å². The Morgan fingerprint density at radius 2 is 1.63 bits per heavy atom. The molecule has 1 fully saturated rings. The first-order chi connectivity index (χ1) is 12.8. The van der Waals surface area contributed by atoms with Crippen molar-refractivity contribution in [3.05, 3.63) is 64.7 Å². The normalized spacial score (nSPS) is 20.3. The number of alkyl halides is 2. The topological polar surface area (TPSA) is 44.8 Å². The number of ether oxygens (including phenoxy) is 3. The first-order valence-electron chi connectivity index (χ1n) is 8.15. The summed E-state index contributed by atoms with van der Waals surface area (Å²) < 4.78 is 72.4. The maximum Gasteiger partial charge on any atom is 0.432 e. The second-order valence-corrected chi connectivity index (χ2v) is 6.27. The van der Waals surface area contributed by atoms with Gasteiger partial charge in [-0.2, -0.15) is 8.78 Å². The van der Waals surface area contributed by atoms with Gasteiger partial charge in [-0.3, -0.25) is 4.79 Å². The number of carbonyl (C=O) groups excluding carboxylic acids is 1. The summed E-state index contributed by atoms with van der Waals surface area (Å²) in [5.74, 6) is -3.18. The second-order valence-electron chi connectivity index (χ2n) is 6.27. The lowest BCUT2D eigenvalue weighted by Gasteiger charge is -2.28. The summed E-state index contributed by atoms with van der Waals surface area (Å²) in [7, 11) is 0. The van der Waals surface area contributed by atoms with E-state index >= 15 is 0 Å². The minimum absolute atomic E-state index is 0.0354. The number of aldehydes is 1. The van der Waals surface area contributed by atoms with E-state index in [1.807, 2.05) is 6.92 Å². The average molecular weight is 384 g/mol. The number of halogens is 4. The number of benzene rings is 2. The van der Waals surface area contributed by atoms with Crippen molar-refractivity contribution < 1.29 is 36.6 Å². The molecule has 0 saturated carbocycles. The maximum atomic E-state index is 14.3. The van der Waals surface area contributed by atoms with Crippen molar-refractivity contribution in [3.8, 4) is 5.75 Å². The van der Waals surface area contributed by atoms with Gasteiger partial charge < -0.3 is 14.2 Å². The van der Waals surface area contributed by atoms with Crippen LogP contribution in [0.5, 0.6) is 5.75 Å². The third-order valence-corrected chi connectivity index (χ3v) is 3.95. The molecule has 0 unspecified atom stereocenters. The molecule has 1 saturated heterocycles. The lowest BCUT2D eigenvalue weighted by molar-refractivity contribution is -0.203. The van der Waals surface area contributed by atoms with Gasteiger partial charge in [0.2, 0.25) is 0 Å². The lowest BCUT2D eigenvalue weighted by atomic mass is 10.1. The first kappa shape index (κ1) is 19.3. The molecule has 0 bridgehead atoms. The molecular weight excluding hydrogens is 368 g/mol. The van der Waals surface area contributed by atoms with E-state index in [-0.39, 0.29) is 22.8 Å². The second kappa shape index (κ2) is 7.66. The van der Waals surface area contributed by atoms with Crippen molar-refractivity contribution in [2.45, 2.75) is 19.3 Å². The molecule has 0 atom stereocenters. The van der Waals surface area contributed by atoms with E-state index in [4.69, 9.17) is 9.47 Å². The van der Waals surface area contributed by atoms with Crippen LogP contribution in [-0.2, 0) is 15.6 Å². The number of rotatable bonds is 5. The molecule has 1 aliphatic heterocycles. The van der Waals surface area contributed by atoms with Crippen LogP contribution in [0.1, 0.15) is 34.7 Å². The van der Waals surface area contributed by atoms with Gasteiger partial charge in [-0.15, -0.1) is 0 Å². The summed E-state index contributed by atoms with van der Waals surface area (Å²) >= 11 is 0. The Morgan fingerprint density at radius 3 is 2.15 bits per heavy atom. The van der Waals surface area contributed by atoms with E-state index in [9.17, 15) is 22.4 Å². The van der Waals surface area contributed by atoms with Crippen LogP contribution in [0.4, 0.5) is 17.6 Å².